The van der Waals surface area contributed by atoms with Crippen LogP contribution in [0.15, 0.2) is 30.3 Å². The predicted octanol–water partition coefficient (Wildman–Crippen LogP) is 3.56. The molecule has 1 atom stereocenters. The van der Waals surface area contributed by atoms with Gasteiger partial charge in [0.2, 0.25) is 0 Å². The zero-order valence-electron chi connectivity index (χ0n) is 12.5. The summed E-state index contributed by atoms with van der Waals surface area (Å²) < 4.78 is 23.0. The van der Waals surface area contributed by atoms with E-state index in [1.807, 2.05) is 19.9 Å². The minimum atomic E-state index is -2.08. The summed E-state index contributed by atoms with van der Waals surface area (Å²) in [5.41, 5.74) is 0.466. The van der Waals surface area contributed by atoms with E-state index in [0.29, 0.717) is 18.3 Å². The first-order valence-electron chi connectivity index (χ1n) is 6.76. The van der Waals surface area contributed by atoms with Gasteiger partial charge in [-0.05, 0) is 39.8 Å². The molecule has 0 aliphatic heterocycles. The molecule has 0 N–H and O–H groups in total. The second kappa shape index (κ2) is 7.61. The standard InChI is InChI=1S/C15H23O4P/c1-12(2)18-10-11-20(17)15(3,4)19-14(16)13-8-6-5-7-9-13/h5-9,12,20H,10-11H2,1-4H3. The fourth-order valence-corrected chi connectivity index (χ4v) is 2.72. The molecule has 0 amide bonds. The maximum atomic E-state index is 12.2. The molecule has 1 aromatic carbocycles. The maximum Gasteiger partial charge on any atom is 0.339 e. The molecule has 20 heavy (non-hydrogen) atoms. The summed E-state index contributed by atoms with van der Waals surface area (Å²) in [5.74, 6) is -0.446. The van der Waals surface area contributed by atoms with Crippen LogP contribution in [-0.2, 0) is 14.0 Å². The highest BCUT2D eigenvalue weighted by Crippen LogP contribution is 2.39. The third-order valence-corrected chi connectivity index (χ3v) is 4.91. The highest BCUT2D eigenvalue weighted by molar-refractivity contribution is 7.46. The molecule has 0 spiro atoms. The van der Waals surface area contributed by atoms with E-state index in [-0.39, 0.29) is 6.10 Å². The predicted molar refractivity (Wildman–Crippen MR) is 80.9 cm³/mol. The smallest absolute Gasteiger partial charge is 0.339 e. The maximum absolute atomic E-state index is 12.2. The van der Waals surface area contributed by atoms with E-state index >= 15 is 0 Å². The molecule has 0 aromatic heterocycles. The van der Waals surface area contributed by atoms with Crippen molar-refractivity contribution < 1.29 is 18.8 Å². The van der Waals surface area contributed by atoms with Gasteiger partial charge >= 0.3 is 5.97 Å². The Morgan fingerprint density at radius 1 is 1.25 bits per heavy atom. The molecular formula is C15H23O4P. The first kappa shape index (κ1) is 16.9. The number of hydrogen-bond acceptors (Lipinski definition) is 4. The van der Waals surface area contributed by atoms with E-state index in [4.69, 9.17) is 9.47 Å². The van der Waals surface area contributed by atoms with Gasteiger partial charge in [-0.1, -0.05) is 18.2 Å². The molecule has 1 aromatic rings. The number of rotatable bonds is 7. The number of carbonyl (C=O) groups is 1. The lowest BCUT2D eigenvalue weighted by molar-refractivity contribution is 0.0267. The summed E-state index contributed by atoms with van der Waals surface area (Å²) in [4.78, 5) is 12.0. The van der Waals surface area contributed by atoms with Gasteiger partial charge in [-0.25, -0.2) is 4.79 Å². The largest absolute Gasteiger partial charge is 0.448 e. The fourth-order valence-electron chi connectivity index (χ4n) is 1.61. The van der Waals surface area contributed by atoms with Gasteiger partial charge in [-0.15, -0.1) is 0 Å². The lowest BCUT2D eigenvalue weighted by atomic mass is 10.2. The van der Waals surface area contributed by atoms with Crippen LogP contribution in [0, 0.1) is 0 Å². The van der Waals surface area contributed by atoms with E-state index in [9.17, 15) is 9.36 Å². The molecule has 1 rings (SSSR count). The normalized spacial score (nSPS) is 13.2. The van der Waals surface area contributed by atoms with Crippen LogP contribution in [0.25, 0.3) is 0 Å². The SMILES string of the molecule is CC(C)OCC[PH](=O)C(C)(C)OC(=O)c1ccccc1. The van der Waals surface area contributed by atoms with Crippen LogP contribution in [0.1, 0.15) is 38.1 Å². The number of ether oxygens (including phenoxy) is 2. The van der Waals surface area contributed by atoms with Crippen LogP contribution in [0.4, 0.5) is 0 Å². The molecule has 0 saturated carbocycles. The molecule has 112 valence electrons. The molecule has 0 aliphatic carbocycles. The van der Waals surface area contributed by atoms with E-state index in [2.05, 4.69) is 0 Å². The van der Waals surface area contributed by atoms with Crippen LogP contribution >= 0.6 is 7.80 Å². The van der Waals surface area contributed by atoms with E-state index in [0.717, 1.165) is 0 Å². The summed E-state index contributed by atoms with van der Waals surface area (Å²) in [5, 5.41) is -0.960. The summed E-state index contributed by atoms with van der Waals surface area (Å²) in [6.45, 7) is 7.65. The van der Waals surface area contributed by atoms with Crippen molar-refractivity contribution in [1.29, 1.82) is 0 Å². The van der Waals surface area contributed by atoms with Crippen LogP contribution < -0.4 is 0 Å². The van der Waals surface area contributed by atoms with Crippen molar-refractivity contribution in [2.75, 3.05) is 12.8 Å². The number of esters is 1. The summed E-state index contributed by atoms with van der Waals surface area (Å²) >= 11 is 0. The van der Waals surface area contributed by atoms with Crippen LogP contribution in [-0.4, -0.2) is 30.2 Å². The summed E-state index contributed by atoms with van der Waals surface area (Å²) in [6, 6.07) is 8.72. The van der Waals surface area contributed by atoms with E-state index in [1.165, 1.54) is 0 Å². The average molecular weight is 298 g/mol. The Labute approximate surface area is 121 Å². The monoisotopic (exact) mass is 298 g/mol. The molecule has 0 radical (unpaired) electrons. The Hall–Kier alpha value is -1.12. The van der Waals surface area contributed by atoms with Crippen molar-refractivity contribution in [2.45, 2.75) is 39.1 Å². The summed E-state index contributed by atoms with van der Waals surface area (Å²) in [7, 11) is -2.08. The van der Waals surface area contributed by atoms with Crippen molar-refractivity contribution in [1.82, 2.24) is 0 Å². The van der Waals surface area contributed by atoms with Crippen LogP contribution in [0.5, 0.6) is 0 Å². The zero-order valence-corrected chi connectivity index (χ0v) is 13.5. The van der Waals surface area contributed by atoms with Crippen LogP contribution in [0.3, 0.4) is 0 Å². The Kier molecular flexibility index (Phi) is 6.44. The van der Waals surface area contributed by atoms with Crippen molar-refractivity contribution >= 4 is 13.8 Å². The fraction of sp³-hybridized carbons (Fsp3) is 0.533. The molecule has 0 bridgehead atoms. The van der Waals surface area contributed by atoms with Gasteiger partial charge in [0.05, 0.1) is 18.3 Å². The Morgan fingerprint density at radius 2 is 1.85 bits per heavy atom. The number of carbonyl (C=O) groups excluding carboxylic acids is 1. The molecule has 5 heteroatoms. The first-order chi connectivity index (χ1) is 9.33. The third kappa shape index (κ3) is 5.48. The summed E-state index contributed by atoms with van der Waals surface area (Å²) in [6.07, 6.45) is 0.526. The Balaban J connectivity index is 2.56. The number of hydrogen-bond donors (Lipinski definition) is 0. The lowest BCUT2D eigenvalue weighted by Gasteiger charge is -2.25. The van der Waals surface area contributed by atoms with Crippen LogP contribution in [0.2, 0.25) is 0 Å². The highest BCUT2D eigenvalue weighted by atomic mass is 31.1. The first-order valence-corrected chi connectivity index (χ1v) is 8.38. The van der Waals surface area contributed by atoms with Crippen molar-refractivity contribution in [2.24, 2.45) is 0 Å². The Bertz CT molecular complexity index is 454. The number of benzene rings is 1. The van der Waals surface area contributed by atoms with Gasteiger partial charge in [0.15, 0.2) is 5.34 Å². The molecular weight excluding hydrogens is 275 g/mol. The highest BCUT2D eigenvalue weighted by Gasteiger charge is 2.30. The van der Waals surface area contributed by atoms with Gasteiger partial charge < -0.3 is 14.0 Å². The van der Waals surface area contributed by atoms with Crippen molar-refractivity contribution in [3.63, 3.8) is 0 Å². The minimum Gasteiger partial charge on any atom is -0.448 e. The molecule has 0 aliphatic rings. The van der Waals surface area contributed by atoms with Gasteiger partial charge in [0.1, 0.15) is 7.80 Å². The molecule has 0 fully saturated rings. The average Bonchev–Trinajstić information content (AvgIpc) is 2.38. The molecule has 0 heterocycles. The van der Waals surface area contributed by atoms with E-state index < -0.39 is 19.1 Å². The van der Waals surface area contributed by atoms with Gasteiger partial charge in [-0.3, -0.25) is 0 Å². The van der Waals surface area contributed by atoms with E-state index in [1.54, 1.807) is 38.1 Å². The molecule has 1 unspecified atom stereocenters. The minimum absolute atomic E-state index is 0.111. The van der Waals surface area contributed by atoms with Crippen molar-refractivity contribution in [3.05, 3.63) is 35.9 Å². The second-order valence-electron chi connectivity index (χ2n) is 5.36. The lowest BCUT2D eigenvalue weighted by Crippen LogP contribution is -2.25. The Morgan fingerprint density at radius 3 is 2.40 bits per heavy atom. The zero-order chi connectivity index (χ0) is 15.2. The topological polar surface area (TPSA) is 52.6 Å². The van der Waals surface area contributed by atoms with Gasteiger partial charge in [0, 0.05) is 6.16 Å². The van der Waals surface area contributed by atoms with Crippen molar-refractivity contribution in [3.8, 4) is 0 Å². The van der Waals surface area contributed by atoms with Gasteiger partial charge in [-0.2, -0.15) is 0 Å². The quantitative estimate of drug-likeness (QED) is 0.570. The second-order valence-corrected chi connectivity index (χ2v) is 7.91. The molecule has 0 saturated heterocycles. The molecule has 4 nitrogen and oxygen atoms in total. The van der Waals surface area contributed by atoms with Gasteiger partial charge in [0.25, 0.3) is 0 Å². The third-order valence-electron chi connectivity index (χ3n) is 2.81.